The Balaban J connectivity index is 1.65. The van der Waals surface area contributed by atoms with E-state index in [4.69, 9.17) is 0 Å². The van der Waals surface area contributed by atoms with Crippen LogP contribution >= 0.6 is 0 Å². The fourth-order valence-electron chi connectivity index (χ4n) is 6.20. The molecular formula is C34H26. The lowest BCUT2D eigenvalue weighted by molar-refractivity contribution is 0.660. The lowest BCUT2D eigenvalue weighted by atomic mass is 9.79. The van der Waals surface area contributed by atoms with Gasteiger partial charge >= 0.3 is 0 Å². The Labute approximate surface area is 200 Å². The number of hydrogen-bond donors (Lipinski definition) is 0. The van der Waals surface area contributed by atoms with Gasteiger partial charge in [0.15, 0.2) is 0 Å². The second-order valence-corrected chi connectivity index (χ2v) is 10.3. The average Bonchev–Trinajstić information content (AvgIpc) is 3.09. The van der Waals surface area contributed by atoms with Crippen LogP contribution in [0.25, 0.3) is 54.6 Å². The van der Waals surface area contributed by atoms with Crippen molar-refractivity contribution in [2.24, 2.45) is 0 Å². The van der Waals surface area contributed by atoms with Crippen molar-refractivity contribution >= 4 is 32.3 Å². The molecule has 1 aliphatic carbocycles. The van der Waals surface area contributed by atoms with Crippen LogP contribution in [0.1, 0.15) is 30.5 Å². The molecule has 6 aromatic rings. The predicted octanol–water partition coefficient (Wildman–Crippen LogP) is 9.43. The molecule has 6 aromatic carbocycles. The molecule has 0 radical (unpaired) electrons. The molecule has 0 heterocycles. The van der Waals surface area contributed by atoms with E-state index in [1.807, 2.05) is 0 Å². The van der Waals surface area contributed by atoms with Crippen molar-refractivity contribution in [3.8, 4) is 22.3 Å². The second kappa shape index (κ2) is 6.81. The van der Waals surface area contributed by atoms with Gasteiger partial charge in [-0.25, -0.2) is 0 Å². The van der Waals surface area contributed by atoms with E-state index in [1.54, 1.807) is 0 Å². The Hall–Kier alpha value is -3.90. The monoisotopic (exact) mass is 434 g/mol. The number of hydrogen-bond acceptors (Lipinski definition) is 0. The normalized spacial score (nSPS) is 14.0. The average molecular weight is 435 g/mol. The van der Waals surface area contributed by atoms with Gasteiger partial charge in [-0.1, -0.05) is 110 Å². The second-order valence-electron chi connectivity index (χ2n) is 10.3. The Morgan fingerprint density at radius 3 is 1.82 bits per heavy atom. The number of fused-ring (bicyclic) bond motifs is 8. The maximum atomic E-state index is 2.49. The van der Waals surface area contributed by atoms with Crippen molar-refractivity contribution in [1.29, 1.82) is 0 Å². The Morgan fingerprint density at radius 1 is 0.471 bits per heavy atom. The van der Waals surface area contributed by atoms with Crippen LogP contribution in [-0.2, 0) is 5.41 Å². The minimum Gasteiger partial charge on any atom is -0.0616 e. The molecule has 0 N–H and O–H groups in total. The van der Waals surface area contributed by atoms with E-state index in [2.05, 4.69) is 124 Å². The molecular weight excluding hydrogens is 408 g/mol. The molecule has 0 fully saturated rings. The maximum Gasteiger partial charge on any atom is 0.0159 e. The third-order valence-electron chi connectivity index (χ3n) is 7.89. The summed E-state index contributed by atoms with van der Waals surface area (Å²) in [6.45, 7) is 6.96. The highest BCUT2D eigenvalue weighted by Gasteiger charge is 2.37. The SMILES string of the molecule is Cc1ccc2c(c1)C(C)(C)c1cc(-c3cc4ccccc4c4ccccc34)c3ccccc3c1-2. The van der Waals surface area contributed by atoms with Crippen LogP contribution in [0.3, 0.4) is 0 Å². The van der Waals surface area contributed by atoms with Crippen LogP contribution in [0.15, 0.2) is 103 Å². The molecule has 0 unspecified atom stereocenters. The summed E-state index contributed by atoms with van der Waals surface area (Å²) in [5.74, 6) is 0. The third-order valence-corrected chi connectivity index (χ3v) is 7.89. The zero-order chi connectivity index (χ0) is 23.0. The summed E-state index contributed by atoms with van der Waals surface area (Å²) in [6.07, 6.45) is 0. The highest BCUT2D eigenvalue weighted by Crippen LogP contribution is 2.53. The van der Waals surface area contributed by atoms with Crippen LogP contribution in [0, 0.1) is 6.92 Å². The lowest BCUT2D eigenvalue weighted by Crippen LogP contribution is -2.15. The summed E-state index contributed by atoms with van der Waals surface area (Å²) in [5.41, 5.74) is 9.59. The number of aryl methyl sites for hydroxylation is 1. The molecule has 0 atom stereocenters. The summed E-state index contributed by atoms with van der Waals surface area (Å²) >= 11 is 0. The van der Waals surface area contributed by atoms with Gasteiger partial charge in [-0.2, -0.15) is 0 Å². The van der Waals surface area contributed by atoms with E-state index in [-0.39, 0.29) is 5.41 Å². The van der Waals surface area contributed by atoms with Crippen LogP contribution in [0.5, 0.6) is 0 Å². The minimum atomic E-state index is -0.0396. The van der Waals surface area contributed by atoms with Crippen LogP contribution < -0.4 is 0 Å². The van der Waals surface area contributed by atoms with Crippen LogP contribution in [0.2, 0.25) is 0 Å². The Kier molecular flexibility index (Phi) is 3.92. The third kappa shape index (κ3) is 2.54. The summed E-state index contributed by atoms with van der Waals surface area (Å²) < 4.78 is 0. The number of benzene rings is 6. The van der Waals surface area contributed by atoms with Gasteiger partial charge in [0.2, 0.25) is 0 Å². The van der Waals surface area contributed by atoms with Crippen molar-refractivity contribution in [3.05, 3.63) is 120 Å². The van der Waals surface area contributed by atoms with E-state index in [1.165, 1.54) is 71.3 Å². The van der Waals surface area contributed by atoms with Crippen LogP contribution in [0.4, 0.5) is 0 Å². The maximum absolute atomic E-state index is 2.49. The molecule has 0 amide bonds. The molecule has 0 spiro atoms. The van der Waals surface area contributed by atoms with Gasteiger partial charge in [-0.3, -0.25) is 0 Å². The first kappa shape index (κ1) is 19.6. The molecule has 0 aliphatic heterocycles. The van der Waals surface area contributed by atoms with Crippen molar-refractivity contribution < 1.29 is 0 Å². The minimum absolute atomic E-state index is 0.0396. The summed E-state index contributed by atoms with van der Waals surface area (Å²) in [4.78, 5) is 0. The van der Waals surface area contributed by atoms with Gasteiger partial charge in [0, 0.05) is 5.41 Å². The molecule has 0 bridgehead atoms. The highest BCUT2D eigenvalue weighted by atomic mass is 14.4. The van der Waals surface area contributed by atoms with Crippen molar-refractivity contribution in [2.75, 3.05) is 0 Å². The fourth-order valence-corrected chi connectivity index (χ4v) is 6.20. The fraction of sp³-hybridized carbons (Fsp3) is 0.118. The van der Waals surface area contributed by atoms with Crippen molar-refractivity contribution in [3.63, 3.8) is 0 Å². The Morgan fingerprint density at radius 2 is 1.06 bits per heavy atom. The van der Waals surface area contributed by atoms with Crippen LogP contribution in [-0.4, -0.2) is 0 Å². The van der Waals surface area contributed by atoms with Gasteiger partial charge in [0.1, 0.15) is 0 Å². The highest BCUT2D eigenvalue weighted by molar-refractivity contribution is 6.18. The predicted molar refractivity (Wildman–Crippen MR) is 147 cm³/mol. The molecule has 162 valence electrons. The van der Waals surface area contributed by atoms with Gasteiger partial charge in [0.05, 0.1) is 0 Å². The van der Waals surface area contributed by atoms with Crippen molar-refractivity contribution in [1.82, 2.24) is 0 Å². The van der Waals surface area contributed by atoms with E-state index in [9.17, 15) is 0 Å². The molecule has 0 aromatic heterocycles. The van der Waals surface area contributed by atoms with Gasteiger partial charge in [-0.15, -0.1) is 0 Å². The topological polar surface area (TPSA) is 0 Å². The van der Waals surface area contributed by atoms with E-state index in [0.29, 0.717) is 0 Å². The standard InChI is InChI=1S/C34H26/c1-21-16-17-28-31(18-21)34(2,3)32-20-30(26-14-8-9-15-27(26)33(28)32)29-19-22-10-4-5-11-23(22)24-12-6-7-13-25(24)29/h4-20H,1-3H3. The van der Waals surface area contributed by atoms with Gasteiger partial charge in [-0.05, 0) is 84.8 Å². The molecule has 0 heteroatoms. The van der Waals surface area contributed by atoms with Gasteiger partial charge < -0.3 is 0 Å². The molecule has 7 rings (SSSR count). The van der Waals surface area contributed by atoms with Gasteiger partial charge in [0.25, 0.3) is 0 Å². The zero-order valence-corrected chi connectivity index (χ0v) is 19.8. The van der Waals surface area contributed by atoms with E-state index >= 15 is 0 Å². The molecule has 0 saturated carbocycles. The molecule has 0 nitrogen and oxygen atoms in total. The lowest BCUT2D eigenvalue weighted by Gasteiger charge is -2.23. The first-order valence-corrected chi connectivity index (χ1v) is 12.1. The van der Waals surface area contributed by atoms with E-state index < -0.39 is 0 Å². The number of rotatable bonds is 1. The summed E-state index contributed by atoms with van der Waals surface area (Å²) in [7, 11) is 0. The Bertz CT molecular complexity index is 1780. The quantitative estimate of drug-likeness (QED) is 0.226. The smallest absolute Gasteiger partial charge is 0.0159 e. The van der Waals surface area contributed by atoms with Crippen molar-refractivity contribution in [2.45, 2.75) is 26.2 Å². The molecule has 34 heavy (non-hydrogen) atoms. The first-order valence-electron chi connectivity index (χ1n) is 12.1. The zero-order valence-electron chi connectivity index (χ0n) is 19.8. The molecule has 0 saturated heterocycles. The molecule has 1 aliphatic rings. The first-order chi connectivity index (χ1) is 16.5. The summed E-state index contributed by atoms with van der Waals surface area (Å²) in [6, 6.07) is 38.4. The largest absolute Gasteiger partial charge is 0.0616 e. The summed E-state index contributed by atoms with van der Waals surface area (Å²) in [5, 5.41) is 7.91. The van der Waals surface area contributed by atoms with E-state index in [0.717, 1.165) is 0 Å².